The number of halogens is 3. The number of hydrogen-bond donors (Lipinski definition) is 1. The molecule has 0 rings (SSSR count). The van der Waals surface area contributed by atoms with E-state index in [4.69, 9.17) is 5.11 Å². The summed E-state index contributed by atoms with van der Waals surface area (Å²) in [6, 6.07) is 0. The van der Waals surface area contributed by atoms with Gasteiger partial charge >= 0.3 is 8.41 Å². The van der Waals surface area contributed by atoms with E-state index in [9.17, 15) is 0 Å². The second-order valence-corrected chi connectivity index (χ2v) is 0.316. The molecule has 0 unspecified atom stereocenters. The summed E-state index contributed by atoms with van der Waals surface area (Å²) in [5.74, 6) is 0. The maximum atomic E-state index is 7.57. The predicted molar refractivity (Wildman–Crippen MR) is 18.5 cm³/mol. The minimum Gasteiger partial charge on any atom is -1.00 e. The van der Waals surface area contributed by atoms with Crippen molar-refractivity contribution in [3.8, 4) is 0 Å². The maximum Gasteiger partial charge on any atom is 3.00 e. The fraction of sp³-hybridized carbons (Fsp3) is 1.00. The van der Waals surface area contributed by atoms with Gasteiger partial charge in [0.1, 0.15) is 0 Å². The van der Waals surface area contributed by atoms with E-state index in [2.05, 4.69) is 0 Å². The molecule has 7 heavy (non-hydrogen) atoms. The van der Waals surface area contributed by atoms with E-state index < -0.39 is 0 Å². The molecule has 0 heterocycles. The van der Waals surface area contributed by atoms with Gasteiger partial charge in [-0.25, -0.2) is 0 Å². The SMILES string of the molecule is CCO.[B+3].[I-].[I-].[I-]. The van der Waals surface area contributed by atoms with Gasteiger partial charge in [0.2, 0.25) is 0 Å². The molecule has 0 aromatic carbocycles. The van der Waals surface area contributed by atoms with Crippen LogP contribution in [0.3, 0.4) is 0 Å². The molecule has 0 amide bonds. The van der Waals surface area contributed by atoms with Crippen molar-refractivity contribution in [1.29, 1.82) is 0 Å². The predicted octanol–water partition coefficient (Wildman–Crippen LogP) is -9.37. The Bertz CT molecular complexity index is 12.9. The van der Waals surface area contributed by atoms with Gasteiger partial charge in [-0.2, -0.15) is 0 Å². The van der Waals surface area contributed by atoms with E-state index >= 15 is 0 Å². The molecule has 0 bridgehead atoms. The molecular weight excluding hydrogens is 432 g/mol. The van der Waals surface area contributed by atoms with E-state index in [0.717, 1.165) is 0 Å². The Morgan fingerprint density at radius 1 is 1.14 bits per heavy atom. The zero-order valence-corrected chi connectivity index (χ0v) is 10.3. The number of aliphatic hydroxyl groups is 1. The van der Waals surface area contributed by atoms with E-state index in [0.29, 0.717) is 0 Å². The minimum absolute atomic E-state index is 0. The molecule has 0 aliphatic carbocycles. The second kappa shape index (κ2) is 41.4. The number of aliphatic hydroxyl groups excluding tert-OH is 1. The first kappa shape index (κ1) is 35.0. The van der Waals surface area contributed by atoms with Crippen LogP contribution >= 0.6 is 0 Å². The molecule has 5 heteroatoms. The molecule has 1 nitrogen and oxygen atoms in total. The van der Waals surface area contributed by atoms with E-state index in [1.165, 1.54) is 0 Å². The molecule has 0 spiro atoms. The Balaban J connectivity index is -0.00000000333. The topological polar surface area (TPSA) is 20.2 Å². The van der Waals surface area contributed by atoms with Gasteiger partial charge in [-0.3, -0.25) is 0 Å². The van der Waals surface area contributed by atoms with Crippen LogP contribution in [0.4, 0.5) is 0 Å². The summed E-state index contributed by atoms with van der Waals surface area (Å²) < 4.78 is 0. The molecule has 1 N–H and O–H groups in total. The zero-order valence-electron chi connectivity index (χ0n) is 3.87. The third kappa shape index (κ3) is 64.7. The molecule has 0 aliphatic heterocycles. The van der Waals surface area contributed by atoms with Gasteiger partial charge in [0, 0.05) is 6.61 Å². The quantitative estimate of drug-likeness (QED) is 0.295. The van der Waals surface area contributed by atoms with Crippen LogP contribution in [0.5, 0.6) is 0 Å². The summed E-state index contributed by atoms with van der Waals surface area (Å²) >= 11 is 0. The fourth-order valence-corrected chi connectivity index (χ4v) is 0. The van der Waals surface area contributed by atoms with Crippen LogP contribution in [0.25, 0.3) is 0 Å². The van der Waals surface area contributed by atoms with E-state index in [-0.39, 0.29) is 86.9 Å². The molecule has 0 aromatic heterocycles. The van der Waals surface area contributed by atoms with Crippen molar-refractivity contribution in [2.45, 2.75) is 6.92 Å². The van der Waals surface area contributed by atoms with Crippen molar-refractivity contribution in [3.63, 3.8) is 0 Å². The van der Waals surface area contributed by atoms with Gasteiger partial charge in [-0.05, 0) is 6.92 Å². The molecular formula is C2H6BI3O. The minimum atomic E-state index is 0. The van der Waals surface area contributed by atoms with Crippen LogP contribution in [0.2, 0.25) is 0 Å². The molecule has 0 atom stereocenters. The van der Waals surface area contributed by atoms with Crippen LogP contribution in [0, 0.1) is 0 Å². The summed E-state index contributed by atoms with van der Waals surface area (Å²) in [6.45, 7) is 1.93. The first-order valence-electron chi connectivity index (χ1n) is 1.02. The van der Waals surface area contributed by atoms with E-state index in [1.54, 1.807) is 6.92 Å². The summed E-state index contributed by atoms with van der Waals surface area (Å²) in [7, 11) is 0. The maximum absolute atomic E-state index is 7.57. The van der Waals surface area contributed by atoms with Gasteiger partial charge in [0.05, 0.1) is 0 Å². The Morgan fingerprint density at radius 2 is 1.14 bits per heavy atom. The normalized spacial score (nSPS) is 2.57. The smallest absolute Gasteiger partial charge is 1.00 e. The average molecular weight is 438 g/mol. The third-order valence-electron chi connectivity index (χ3n) is 0. The van der Waals surface area contributed by atoms with Gasteiger partial charge in [-0.1, -0.05) is 0 Å². The van der Waals surface area contributed by atoms with Crippen molar-refractivity contribution in [1.82, 2.24) is 0 Å². The summed E-state index contributed by atoms with van der Waals surface area (Å²) in [6.07, 6.45) is 0. The third-order valence-corrected chi connectivity index (χ3v) is 0. The largest absolute Gasteiger partial charge is 3.00 e. The Hall–Kier alpha value is 2.21. The molecule has 0 aliphatic rings. The molecule has 0 fully saturated rings. The second-order valence-electron chi connectivity index (χ2n) is 0.316. The summed E-state index contributed by atoms with van der Waals surface area (Å²) in [5, 5.41) is 7.57. The summed E-state index contributed by atoms with van der Waals surface area (Å²) in [5.41, 5.74) is 0. The van der Waals surface area contributed by atoms with Crippen molar-refractivity contribution in [3.05, 3.63) is 0 Å². The average Bonchev–Trinajstić information content (AvgIpc) is 0.918. The molecule has 44 valence electrons. The Morgan fingerprint density at radius 3 is 1.14 bits per heavy atom. The number of rotatable bonds is 0. The monoisotopic (exact) mass is 438 g/mol. The van der Waals surface area contributed by atoms with Gasteiger partial charge in [0.25, 0.3) is 0 Å². The van der Waals surface area contributed by atoms with Crippen molar-refractivity contribution in [2.24, 2.45) is 0 Å². The molecule has 0 radical (unpaired) electrons. The van der Waals surface area contributed by atoms with Crippen molar-refractivity contribution >= 4 is 8.41 Å². The zero-order chi connectivity index (χ0) is 2.71. The van der Waals surface area contributed by atoms with Gasteiger partial charge in [-0.15, -0.1) is 0 Å². The fourth-order valence-electron chi connectivity index (χ4n) is 0. The van der Waals surface area contributed by atoms with Gasteiger partial charge in [0.15, 0.2) is 0 Å². The van der Waals surface area contributed by atoms with Crippen molar-refractivity contribution < 1.29 is 77.0 Å². The number of hydrogen-bond acceptors (Lipinski definition) is 1. The first-order chi connectivity index (χ1) is 1.41. The molecule has 0 saturated heterocycles. The van der Waals surface area contributed by atoms with Crippen LogP contribution in [0.1, 0.15) is 6.92 Å². The van der Waals surface area contributed by atoms with Crippen LogP contribution in [0.15, 0.2) is 0 Å². The first-order valence-corrected chi connectivity index (χ1v) is 1.02. The van der Waals surface area contributed by atoms with Crippen LogP contribution in [-0.2, 0) is 0 Å². The van der Waals surface area contributed by atoms with Crippen LogP contribution in [-0.4, -0.2) is 20.1 Å². The van der Waals surface area contributed by atoms with E-state index in [1.807, 2.05) is 0 Å². The molecule has 0 saturated carbocycles. The van der Waals surface area contributed by atoms with Crippen LogP contribution < -0.4 is 71.9 Å². The Labute approximate surface area is 97.7 Å². The molecule has 0 aromatic rings. The standard InChI is InChI=1S/C2H6O.B.3HI/c1-2-3;;;;/h3H,2H2,1H3;;3*1H/q;+3;;;/p-3. The Kier molecular flexibility index (Phi) is 207. The van der Waals surface area contributed by atoms with Gasteiger partial charge < -0.3 is 77.0 Å². The van der Waals surface area contributed by atoms with Crippen molar-refractivity contribution in [2.75, 3.05) is 6.61 Å². The summed E-state index contributed by atoms with van der Waals surface area (Å²) in [4.78, 5) is 0.